The number of carbonyl (C=O) groups excluding carboxylic acids is 1. The van der Waals surface area contributed by atoms with Crippen LogP contribution < -0.4 is 15.4 Å². The molecule has 1 aromatic carbocycles. The summed E-state index contributed by atoms with van der Waals surface area (Å²) in [5.74, 6) is 0.999. The van der Waals surface area contributed by atoms with Crippen molar-refractivity contribution >= 4 is 5.91 Å². The molecule has 0 spiro atoms. The number of carbonyl (C=O) groups is 1. The lowest BCUT2D eigenvalue weighted by molar-refractivity contribution is -0.128. The SMILES string of the molecule is CNC(C)CNC(=O)C1(c2ccc(OC)cc2)CCCCC1. The van der Waals surface area contributed by atoms with Crippen molar-refractivity contribution < 1.29 is 9.53 Å². The molecule has 122 valence electrons. The molecule has 2 rings (SSSR count). The molecule has 2 N–H and O–H groups in total. The highest BCUT2D eigenvalue weighted by atomic mass is 16.5. The fourth-order valence-corrected chi connectivity index (χ4v) is 3.23. The molecular formula is C18H28N2O2. The Morgan fingerprint density at radius 3 is 2.41 bits per heavy atom. The molecule has 0 heterocycles. The Morgan fingerprint density at radius 2 is 1.86 bits per heavy atom. The van der Waals surface area contributed by atoms with Crippen molar-refractivity contribution in [1.82, 2.24) is 10.6 Å². The molecule has 22 heavy (non-hydrogen) atoms. The van der Waals surface area contributed by atoms with E-state index in [-0.39, 0.29) is 17.4 Å². The molecule has 0 aliphatic heterocycles. The van der Waals surface area contributed by atoms with Gasteiger partial charge in [0.1, 0.15) is 5.75 Å². The number of likely N-dealkylation sites (N-methyl/N-ethyl adjacent to an activating group) is 1. The molecule has 0 bridgehead atoms. The standard InChI is InChI=1S/C18H28N2O2/c1-14(19-2)13-20-17(21)18(11-5-4-6-12-18)15-7-9-16(22-3)10-8-15/h7-10,14,19H,4-6,11-13H2,1-3H3,(H,20,21). The fourth-order valence-electron chi connectivity index (χ4n) is 3.23. The number of hydrogen-bond acceptors (Lipinski definition) is 3. The summed E-state index contributed by atoms with van der Waals surface area (Å²) in [5.41, 5.74) is 0.737. The number of benzene rings is 1. The zero-order valence-electron chi connectivity index (χ0n) is 13.9. The molecule has 1 aromatic rings. The number of ether oxygens (including phenoxy) is 1. The first-order chi connectivity index (χ1) is 10.6. The molecule has 0 aromatic heterocycles. The van der Waals surface area contributed by atoms with E-state index in [1.165, 1.54) is 6.42 Å². The molecule has 4 heteroatoms. The maximum Gasteiger partial charge on any atom is 0.230 e. The summed E-state index contributed by atoms with van der Waals surface area (Å²) in [6.45, 7) is 2.73. The van der Waals surface area contributed by atoms with Gasteiger partial charge in [0.2, 0.25) is 5.91 Å². The minimum Gasteiger partial charge on any atom is -0.497 e. The summed E-state index contributed by atoms with van der Waals surface area (Å²) in [7, 11) is 3.58. The van der Waals surface area contributed by atoms with Gasteiger partial charge in [0.15, 0.2) is 0 Å². The van der Waals surface area contributed by atoms with Crippen molar-refractivity contribution in [3.8, 4) is 5.75 Å². The van der Waals surface area contributed by atoms with E-state index in [2.05, 4.69) is 17.6 Å². The van der Waals surface area contributed by atoms with Crippen LogP contribution in [-0.2, 0) is 10.2 Å². The summed E-state index contributed by atoms with van der Waals surface area (Å²) in [6.07, 6.45) is 5.30. The third-order valence-corrected chi connectivity index (χ3v) is 4.85. The van der Waals surface area contributed by atoms with Crippen molar-refractivity contribution in [1.29, 1.82) is 0 Å². The van der Waals surface area contributed by atoms with Gasteiger partial charge in [-0.15, -0.1) is 0 Å². The average Bonchev–Trinajstić information content (AvgIpc) is 2.59. The highest BCUT2D eigenvalue weighted by molar-refractivity contribution is 5.88. The van der Waals surface area contributed by atoms with Crippen LogP contribution in [0.25, 0.3) is 0 Å². The second-order valence-electron chi connectivity index (χ2n) is 6.27. The van der Waals surface area contributed by atoms with E-state index in [1.807, 2.05) is 31.3 Å². The highest BCUT2D eigenvalue weighted by Crippen LogP contribution is 2.40. The summed E-state index contributed by atoms with van der Waals surface area (Å²) in [6, 6.07) is 8.28. The van der Waals surface area contributed by atoms with E-state index in [0.717, 1.165) is 37.0 Å². The molecule has 1 unspecified atom stereocenters. The van der Waals surface area contributed by atoms with E-state index in [9.17, 15) is 4.79 Å². The van der Waals surface area contributed by atoms with E-state index in [4.69, 9.17) is 4.74 Å². The summed E-state index contributed by atoms with van der Waals surface area (Å²) in [4.78, 5) is 12.9. The Hall–Kier alpha value is -1.55. The Morgan fingerprint density at radius 1 is 1.23 bits per heavy atom. The zero-order chi connectivity index (χ0) is 16.0. The molecule has 1 aliphatic rings. The minimum absolute atomic E-state index is 0.166. The van der Waals surface area contributed by atoms with Crippen LogP contribution in [0.4, 0.5) is 0 Å². The first kappa shape index (κ1) is 16.8. The molecule has 0 saturated heterocycles. The Labute approximate surface area is 133 Å². The topological polar surface area (TPSA) is 50.4 Å². The van der Waals surface area contributed by atoms with Gasteiger partial charge in [-0.3, -0.25) is 4.79 Å². The van der Waals surface area contributed by atoms with Gasteiger partial charge in [0.25, 0.3) is 0 Å². The van der Waals surface area contributed by atoms with Crippen LogP contribution in [0.3, 0.4) is 0 Å². The van der Waals surface area contributed by atoms with E-state index < -0.39 is 0 Å². The molecule has 1 atom stereocenters. The van der Waals surface area contributed by atoms with Crippen molar-refractivity contribution in [3.63, 3.8) is 0 Å². The smallest absolute Gasteiger partial charge is 0.230 e. The monoisotopic (exact) mass is 304 g/mol. The van der Waals surface area contributed by atoms with Crippen LogP contribution in [0.15, 0.2) is 24.3 Å². The van der Waals surface area contributed by atoms with Crippen LogP contribution in [0.1, 0.15) is 44.6 Å². The fraction of sp³-hybridized carbons (Fsp3) is 0.611. The summed E-state index contributed by atoms with van der Waals surface area (Å²) >= 11 is 0. The predicted octanol–water partition coefficient (Wildman–Crippen LogP) is 2.62. The van der Waals surface area contributed by atoms with Gasteiger partial charge in [-0.1, -0.05) is 31.4 Å². The number of hydrogen-bond donors (Lipinski definition) is 2. The van der Waals surface area contributed by atoms with Crippen molar-refractivity contribution in [2.45, 2.75) is 50.5 Å². The second kappa shape index (κ2) is 7.63. The lowest BCUT2D eigenvalue weighted by atomic mass is 9.68. The predicted molar refractivity (Wildman–Crippen MR) is 89.3 cm³/mol. The Balaban J connectivity index is 2.20. The minimum atomic E-state index is -0.377. The maximum absolute atomic E-state index is 12.9. The summed E-state index contributed by atoms with van der Waals surface area (Å²) < 4.78 is 5.23. The highest BCUT2D eigenvalue weighted by Gasteiger charge is 2.40. The van der Waals surface area contributed by atoms with E-state index in [1.54, 1.807) is 7.11 Å². The van der Waals surface area contributed by atoms with Gasteiger partial charge >= 0.3 is 0 Å². The normalized spacial score (nSPS) is 18.5. The molecule has 1 fully saturated rings. The largest absolute Gasteiger partial charge is 0.497 e. The van der Waals surface area contributed by atoms with Crippen LogP contribution >= 0.6 is 0 Å². The zero-order valence-corrected chi connectivity index (χ0v) is 13.9. The van der Waals surface area contributed by atoms with E-state index >= 15 is 0 Å². The number of rotatable bonds is 6. The van der Waals surface area contributed by atoms with Crippen molar-refractivity contribution in [2.75, 3.05) is 20.7 Å². The second-order valence-corrected chi connectivity index (χ2v) is 6.27. The van der Waals surface area contributed by atoms with Gasteiger partial charge in [0.05, 0.1) is 12.5 Å². The van der Waals surface area contributed by atoms with Crippen LogP contribution in [0.5, 0.6) is 5.75 Å². The van der Waals surface area contributed by atoms with Crippen LogP contribution in [-0.4, -0.2) is 32.7 Å². The third kappa shape index (κ3) is 3.61. The summed E-state index contributed by atoms with van der Waals surface area (Å²) in [5, 5.41) is 6.30. The van der Waals surface area contributed by atoms with Crippen molar-refractivity contribution in [3.05, 3.63) is 29.8 Å². The van der Waals surface area contributed by atoms with Gasteiger partial charge in [-0.25, -0.2) is 0 Å². The third-order valence-electron chi connectivity index (χ3n) is 4.85. The molecular weight excluding hydrogens is 276 g/mol. The average molecular weight is 304 g/mol. The number of methoxy groups -OCH3 is 1. The molecule has 1 amide bonds. The lowest BCUT2D eigenvalue weighted by Crippen LogP contribution is -2.48. The number of nitrogens with one attached hydrogen (secondary N) is 2. The molecule has 1 aliphatic carbocycles. The van der Waals surface area contributed by atoms with Crippen LogP contribution in [0, 0.1) is 0 Å². The first-order valence-electron chi connectivity index (χ1n) is 8.22. The van der Waals surface area contributed by atoms with E-state index in [0.29, 0.717) is 6.54 Å². The van der Waals surface area contributed by atoms with Gasteiger partial charge < -0.3 is 15.4 Å². The quantitative estimate of drug-likeness (QED) is 0.849. The lowest BCUT2D eigenvalue weighted by Gasteiger charge is -2.36. The Kier molecular flexibility index (Phi) is 5.83. The molecule has 1 saturated carbocycles. The van der Waals surface area contributed by atoms with Gasteiger partial charge in [-0.05, 0) is 44.5 Å². The van der Waals surface area contributed by atoms with Crippen LogP contribution in [0.2, 0.25) is 0 Å². The Bertz CT molecular complexity index is 478. The molecule has 4 nitrogen and oxygen atoms in total. The molecule has 0 radical (unpaired) electrons. The van der Waals surface area contributed by atoms with Crippen molar-refractivity contribution in [2.24, 2.45) is 0 Å². The van der Waals surface area contributed by atoms with Gasteiger partial charge in [-0.2, -0.15) is 0 Å². The maximum atomic E-state index is 12.9. The number of amides is 1. The van der Waals surface area contributed by atoms with Gasteiger partial charge in [0, 0.05) is 12.6 Å². The first-order valence-corrected chi connectivity index (χ1v) is 8.22.